The molecule has 0 fully saturated rings. The van der Waals surface area contributed by atoms with Crippen molar-refractivity contribution in [2.45, 2.75) is 121 Å². The molecule has 7 heteroatoms. The number of rotatable bonds is 26. The summed E-state index contributed by atoms with van der Waals surface area (Å²) in [4.78, 5) is 26.1. The van der Waals surface area contributed by atoms with Crippen molar-refractivity contribution in [3.63, 3.8) is 0 Å². The van der Waals surface area contributed by atoms with Crippen LogP contribution in [-0.4, -0.2) is 49.8 Å². The first-order valence-electron chi connectivity index (χ1n) is 13.7. The zero-order valence-electron chi connectivity index (χ0n) is 21.4. The fourth-order valence-electron chi connectivity index (χ4n) is 4.17. The van der Waals surface area contributed by atoms with Gasteiger partial charge in [-0.3, -0.25) is 9.59 Å². The first-order chi connectivity index (χ1) is 16.0. The van der Waals surface area contributed by atoms with Gasteiger partial charge in [-0.25, -0.2) is 0 Å². The summed E-state index contributed by atoms with van der Waals surface area (Å²) in [6, 6.07) is 0. The second kappa shape index (κ2) is 22.9. The molecule has 33 heavy (non-hydrogen) atoms. The highest BCUT2D eigenvalue weighted by Crippen LogP contribution is 2.21. The van der Waals surface area contributed by atoms with Gasteiger partial charge in [-0.2, -0.15) is 0 Å². The molecule has 0 aliphatic rings. The Morgan fingerprint density at radius 3 is 1.33 bits per heavy atom. The van der Waals surface area contributed by atoms with E-state index in [0.29, 0.717) is 32.4 Å². The van der Waals surface area contributed by atoms with Gasteiger partial charge in [0.15, 0.2) is 11.6 Å². The Bertz CT molecular complexity index is 446. The molecule has 0 aromatic heterocycles. The fraction of sp³-hybridized carbons (Fsp3) is 0.923. The monoisotopic (exact) mass is 469 g/mol. The number of unbranched alkanes of at least 4 members (excludes halogenated alkanes) is 11. The molecule has 0 bridgehead atoms. The van der Waals surface area contributed by atoms with Crippen LogP contribution in [-0.2, 0) is 9.59 Å². The molecule has 9 N–H and O–H groups in total. The number of nitrogens with two attached hydrogens (primary N) is 4. The van der Waals surface area contributed by atoms with Crippen LogP contribution in [0.4, 0.5) is 0 Å². The Morgan fingerprint density at radius 2 is 0.879 bits per heavy atom. The third-order valence-corrected chi connectivity index (χ3v) is 6.44. The zero-order valence-corrected chi connectivity index (χ0v) is 21.4. The van der Waals surface area contributed by atoms with Gasteiger partial charge in [0.1, 0.15) is 5.54 Å². The Morgan fingerprint density at radius 1 is 0.515 bits per heavy atom. The number of hydrogen-bond acceptors (Lipinski definition) is 7. The van der Waals surface area contributed by atoms with Crippen LogP contribution < -0.4 is 28.3 Å². The summed E-state index contributed by atoms with van der Waals surface area (Å²) in [5, 5.41) is 3.43. The molecule has 0 aromatic rings. The molecule has 0 aliphatic carbocycles. The van der Waals surface area contributed by atoms with Crippen molar-refractivity contribution in [2.24, 2.45) is 22.9 Å². The van der Waals surface area contributed by atoms with Gasteiger partial charge in [-0.15, -0.1) is 0 Å². The highest BCUT2D eigenvalue weighted by atomic mass is 16.2. The van der Waals surface area contributed by atoms with Crippen LogP contribution in [0, 0.1) is 0 Å². The predicted octanol–water partition coefficient (Wildman–Crippen LogP) is 3.31. The van der Waals surface area contributed by atoms with Crippen LogP contribution in [0.2, 0.25) is 0 Å². The minimum Gasteiger partial charge on any atom is -0.330 e. The average molecular weight is 470 g/mol. The van der Waals surface area contributed by atoms with Crippen molar-refractivity contribution in [3.8, 4) is 0 Å². The van der Waals surface area contributed by atoms with Crippen molar-refractivity contribution in [1.82, 2.24) is 5.32 Å². The summed E-state index contributed by atoms with van der Waals surface area (Å²) in [5.41, 5.74) is 21.8. The second-order valence-electron chi connectivity index (χ2n) is 9.49. The number of Topliss-reactive ketones (excluding diaryl/α,β-unsaturated/α-hetero) is 2. The number of hydrogen-bond donors (Lipinski definition) is 5. The van der Waals surface area contributed by atoms with Crippen LogP contribution in [0.5, 0.6) is 0 Å². The molecule has 0 rings (SSSR count). The van der Waals surface area contributed by atoms with E-state index in [1.165, 1.54) is 12.8 Å². The Hall–Kier alpha value is -0.860. The van der Waals surface area contributed by atoms with Gasteiger partial charge < -0.3 is 28.3 Å². The largest absolute Gasteiger partial charge is 0.330 e. The van der Waals surface area contributed by atoms with Gasteiger partial charge in [-0.1, -0.05) is 51.4 Å². The predicted molar refractivity (Wildman–Crippen MR) is 140 cm³/mol. The summed E-state index contributed by atoms with van der Waals surface area (Å²) >= 11 is 0. The van der Waals surface area contributed by atoms with E-state index >= 15 is 0 Å². The number of carbonyl (C=O) groups excluding carboxylic acids is 2. The third kappa shape index (κ3) is 17.3. The highest BCUT2D eigenvalue weighted by molar-refractivity contribution is 6.11. The molecule has 0 heterocycles. The summed E-state index contributed by atoms with van der Waals surface area (Å²) in [6.45, 7) is 3.93. The lowest BCUT2D eigenvalue weighted by molar-refractivity contribution is -0.135. The van der Waals surface area contributed by atoms with Crippen LogP contribution >= 0.6 is 0 Å². The molecule has 0 unspecified atom stereocenters. The van der Waals surface area contributed by atoms with Crippen molar-refractivity contribution in [2.75, 3.05) is 32.7 Å². The number of nitrogens with one attached hydrogen (secondary N) is 1. The van der Waals surface area contributed by atoms with Crippen molar-refractivity contribution in [1.29, 1.82) is 0 Å². The number of ketones is 2. The van der Waals surface area contributed by atoms with Gasteiger partial charge in [0.2, 0.25) is 0 Å². The Labute approximate surface area is 203 Å². The van der Waals surface area contributed by atoms with E-state index < -0.39 is 5.54 Å². The summed E-state index contributed by atoms with van der Waals surface area (Å²) < 4.78 is 0. The van der Waals surface area contributed by atoms with E-state index in [-0.39, 0.29) is 11.6 Å². The Kier molecular flexibility index (Phi) is 22.3. The second-order valence-corrected chi connectivity index (χ2v) is 9.49. The molecule has 0 aliphatic heterocycles. The molecule has 0 amide bonds. The standard InChI is InChI=1S/C26H55N5O2/c27-19-11-5-1-3-9-16-24(32)26(30,25(33)17-10-4-2-6-12-20-28)18-15-23-31-22-14-8-7-13-21-29/h31H,1-23,27-30H2. The maximum atomic E-state index is 13.0. The van der Waals surface area contributed by atoms with Crippen molar-refractivity contribution >= 4 is 11.6 Å². The van der Waals surface area contributed by atoms with E-state index in [0.717, 1.165) is 103 Å². The molecule has 0 saturated heterocycles. The van der Waals surface area contributed by atoms with Crippen LogP contribution in [0.25, 0.3) is 0 Å². The molecule has 196 valence electrons. The Balaban J connectivity index is 4.47. The van der Waals surface area contributed by atoms with Gasteiger partial charge in [0, 0.05) is 12.8 Å². The quantitative estimate of drug-likeness (QED) is 0.0963. The highest BCUT2D eigenvalue weighted by Gasteiger charge is 2.39. The summed E-state index contributed by atoms with van der Waals surface area (Å²) in [5.74, 6) is -0.146. The minimum absolute atomic E-state index is 0.0729. The maximum Gasteiger partial charge on any atom is 0.160 e. The molecular formula is C26H55N5O2. The van der Waals surface area contributed by atoms with Gasteiger partial charge in [-0.05, 0) is 84.1 Å². The van der Waals surface area contributed by atoms with Gasteiger partial charge >= 0.3 is 0 Å². The number of carbonyl (C=O) groups is 2. The topological polar surface area (TPSA) is 150 Å². The molecule has 0 saturated carbocycles. The van der Waals surface area contributed by atoms with Crippen LogP contribution in [0.3, 0.4) is 0 Å². The van der Waals surface area contributed by atoms with E-state index in [9.17, 15) is 9.59 Å². The molecule has 0 aromatic carbocycles. The smallest absolute Gasteiger partial charge is 0.160 e. The normalized spacial score (nSPS) is 11.8. The van der Waals surface area contributed by atoms with Gasteiger partial charge in [0.25, 0.3) is 0 Å². The molecule has 0 radical (unpaired) electrons. The lowest BCUT2D eigenvalue weighted by Gasteiger charge is -2.27. The van der Waals surface area contributed by atoms with Crippen LogP contribution in [0.1, 0.15) is 116 Å². The SMILES string of the molecule is NCCCCCCCC(=O)C(N)(CCCNCCCCCCN)C(=O)CCCCCCCN. The zero-order chi connectivity index (χ0) is 24.6. The molecule has 7 nitrogen and oxygen atoms in total. The lowest BCUT2D eigenvalue weighted by atomic mass is 9.81. The minimum atomic E-state index is -1.32. The molecule has 0 atom stereocenters. The molecular weight excluding hydrogens is 414 g/mol. The summed E-state index contributed by atoms with van der Waals surface area (Å²) in [7, 11) is 0. The summed E-state index contributed by atoms with van der Waals surface area (Å²) in [6.07, 6.45) is 16.5. The first kappa shape index (κ1) is 32.1. The van der Waals surface area contributed by atoms with E-state index in [4.69, 9.17) is 22.9 Å². The first-order valence-corrected chi connectivity index (χ1v) is 13.7. The maximum absolute atomic E-state index is 13.0. The van der Waals surface area contributed by atoms with Gasteiger partial charge in [0.05, 0.1) is 0 Å². The third-order valence-electron chi connectivity index (χ3n) is 6.44. The lowest BCUT2D eigenvalue weighted by Crippen LogP contribution is -2.55. The van der Waals surface area contributed by atoms with Crippen molar-refractivity contribution < 1.29 is 9.59 Å². The van der Waals surface area contributed by atoms with E-state index in [1.54, 1.807) is 0 Å². The fourth-order valence-corrected chi connectivity index (χ4v) is 4.17. The van der Waals surface area contributed by atoms with E-state index in [1.807, 2.05) is 0 Å². The van der Waals surface area contributed by atoms with Crippen LogP contribution in [0.15, 0.2) is 0 Å². The van der Waals surface area contributed by atoms with E-state index in [2.05, 4.69) is 5.32 Å². The average Bonchev–Trinajstić information content (AvgIpc) is 2.81. The van der Waals surface area contributed by atoms with Crippen molar-refractivity contribution in [3.05, 3.63) is 0 Å². The molecule has 0 spiro atoms.